The second-order valence-corrected chi connectivity index (χ2v) is 4.47. The molecule has 1 saturated heterocycles. The van der Waals surface area contributed by atoms with Crippen LogP contribution in [0, 0.1) is 6.92 Å². The molecule has 0 amide bonds. The molecule has 4 heteroatoms. The normalized spacial score (nSPS) is 29.1. The summed E-state index contributed by atoms with van der Waals surface area (Å²) in [5.41, 5.74) is 7.15. The van der Waals surface area contributed by atoms with Crippen LogP contribution in [0.2, 0.25) is 0 Å². The SMILES string of the molecule is Cc1cc(C2CCNCC2N)sn1. The highest BCUT2D eigenvalue weighted by Crippen LogP contribution is 2.27. The lowest BCUT2D eigenvalue weighted by Crippen LogP contribution is -2.44. The Labute approximate surface area is 82.5 Å². The summed E-state index contributed by atoms with van der Waals surface area (Å²) in [6.07, 6.45) is 1.14. The Kier molecular flexibility index (Phi) is 2.62. The molecule has 1 aliphatic heterocycles. The number of rotatable bonds is 1. The zero-order chi connectivity index (χ0) is 9.26. The number of nitrogens with zero attached hydrogens (tertiary/aromatic N) is 1. The maximum absolute atomic E-state index is 6.04. The number of aromatic nitrogens is 1. The van der Waals surface area contributed by atoms with Gasteiger partial charge < -0.3 is 11.1 Å². The van der Waals surface area contributed by atoms with E-state index in [-0.39, 0.29) is 6.04 Å². The smallest absolute Gasteiger partial charge is 0.0514 e. The fourth-order valence-electron chi connectivity index (χ4n) is 1.79. The van der Waals surface area contributed by atoms with Gasteiger partial charge in [-0.2, -0.15) is 4.37 Å². The van der Waals surface area contributed by atoms with Gasteiger partial charge in [0, 0.05) is 23.4 Å². The van der Waals surface area contributed by atoms with E-state index in [9.17, 15) is 0 Å². The zero-order valence-corrected chi connectivity index (χ0v) is 8.60. The second kappa shape index (κ2) is 3.74. The molecule has 3 N–H and O–H groups in total. The van der Waals surface area contributed by atoms with Crippen LogP contribution in [-0.4, -0.2) is 23.5 Å². The monoisotopic (exact) mass is 197 g/mol. The average molecular weight is 197 g/mol. The van der Waals surface area contributed by atoms with Gasteiger partial charge in [0.05, 0.1) is 5.69 Å². The van der Waals surface area contributed by atoms with E-state index in [2.05, 4.69) is 15.8 Å². The maximum Gasteiger partial charge on any atom is 0.0514 e. The van der Waals surface area contributed by atoms with Crippen LogP contribution in [0.1, 0.15) is 22.9 Å². The zero-order valence-electron chi connectivity index (χ0n) is 7.79. The summed E-state index contributed by atoms with van der Waals surface area (Å²) in [6, 6.07) is 2.43. The average Bonchev–Trinajstić information content (AvgIpc) is 2.53. The van der Waals surface area contributed by atoms with Gasteiger partial charge in [0.15, 0.2) is 0 Å². The van der Waals surface area contributed by atoms with E-state index in [1.165, 1.54) is 4.88 Å². The molecule has 2 rings (SSSR count). The Bertz CT molecular complexity index is 284. The quantitative estimate of drug-likeness (QED) is 0.702. The van der Waals surface area contributed by atoms with Gasteiger partial charge in [0.1, 0.15) is 0 Å². The van der Waals surface area contributed by atoms with Crippen molar-refractivity contribution in [3.63, 3.8) is 0 Å². The minimum Gasteiger partial charge on any atom is -0.326 e. The van der Waals surface area contributed by atoms with Crippen molar-refractivity contribution in [1.29, 1.82) is 0 Å². The third-order valence-electron chi connectivity index (χ3n) is 2.54. The van der Waals surface area contributed by atoms with Crippen molar-refractivity contribution in [2.75, 3.05) is 13.1 Å². The lowest BCUT2D eigenvalue weighted by Gasteiger charge is -2.28. The Morgan fingerprint density at radius 1 is 1.69 bits per heavy atom. The number of hydrogen-bond donors (Lipinski definition) is 2. The van der Waals surface area contributed by atoms with E-state index < -0.39 is 0 Å². The standard InChI is InChI=1S/C9H15N3S/c1-6-4-9(13-12-6)7-2-3-11-5-8(7)10/h4,7-8,11H,2-3,5,10H2,1H3. The molecule has 1 aliphatic rings. The van der Waals surface area contributed by atoms with Crippen molar-refractivity contribution in [2.24, 2.45) is 5.73 Å². The van der Waals surface area contributed by atoms with Gasteiger partial charge in [-0.15, -0.1) is 0 Å². The number of piperidine rings is 1. The fourth-order valence-corrected chi connectivity index (χ4v) is 2.75. The molecule has 1 aromatic heterocycles. The molecule has 2 heterocycles. The van der Waals surface area contributed by atoms with Gasteiger partial charge in [-0.25, -0.2) is 0 Å². The van der Waals surface area contributed by atoms with Crippen molar-refractivity contribution in [3.8, 4) is 0 Å². The van der Waals surface area contributed by atoms with E-state index in [1.807, 2.05) is 6.92 Å². The highest BCUT2D eigenvalue weighted by molar-refractivity contribution is 7.05. The minimum atomic E-state index is 0.258. The summed E-state index contributed by atoms with van der Waals surface area (Å²) in [5.74, 6) is 0.521. The Morgan fingerprint density at radius 3 is 3.15 bits per heavy atom. The Hall–Kier alpha value is -0.450. The van der Waals surface area contributed by atoms with Gasteiger partial charge in [-0.05, 0) is 37.5 Å². The van der Waals surface area contributed by atoms with E-state index in [4.69, 9.17) is 5.73 Å². The van der Waals surface area contributed by atoms with Crippen LogP contribution in [0.15, 0.2) is 6.07 Å². The van der Waals surface area contributed by atoms with Crippen LogP contribution in [0.5, 0.6) is 0 Å². The van der Waals surface area contributed by atoms with Gasteiger partial charge in [0.2, 0.25) is 0 Å². The van der Waals surface area contributed by atoms with Gasteiger partial charge in [-0.1, -0.05) is 0 Å². The first-order valence-corrected chi connectivity index (χ1v) is 5.44. The van der Waals surface area contributed by atoms with Crippen LogP contribution in [0.3, 0.4) is 0 Å². The molecule has 0 spiro atoms. The number of aryl methyl sites for hydroxylation is 1. The third-order valence-corrected chi connectivity index (χ3v) is 3.55. The molecule has 2 unspecified atom stereocenters. The van der Waals surface area contributed by atoms with Crippen molar-refractivity contribution >= 4 is 11.5 Å². The summed E-state index contributed by atoms with van der Waals surface area (Å²) in [7, 11) is 0. The summed E-state index contributed by atoms with van der Waals surface area (Å²) in [5, 5.41) is 3.30. The molecular weight excluding hydrogens is 182 g/mol. The van der Waals surface area contributed by atoms with Crippen molar-refractivity contribution < 1.29 is 0 Å². The van der Waals surface area contributed by atoms with Gasteiger partial charge >= 0.3 is 0 Å². The molecular formula is C9H15N3S. The molecule has 0 aromatic carbocycles. The van der Waals surface area contributed by atoms with Crippen LogP contribution in [0.25, 0.3) is 0 Å². The van der Waals surface area contributed by atoms with Crippen LogP contribution >= 0.6 is 11.5 Å². The largest absolute Gasteiger partial charge is 0.326 e. The highest BCUT2D eigenvalue weighted by atomic mass is 32.1. The van der Waals surface area contributed by atoms with Crippen molar-refractivity contribution in [3.05, 3.63) is 16.6 Å². The minimum absolute atomic E-state index is 0.258. The molecule has 0 saturated carbocycles. The fraction of sp³-hybridized carbons (Fsp3) is 0.667. The second-order valence-electron chi connectivity index (χ2n) is 3.63. The van der Waals surface area contributed by atoms with Crippen LogP contribution in [-0.2, 0) is 0 Å². The van der Waals surface area contributed by atoms with E-state index in [0.717, 1.165) is 25.2 Å². The molecule has 1 fully saturated rings. The first-order valence-electron chi connectivity index (χ1n) is 4.67. The van der Waals surface area contributed by atoms with Crippen molar-refractivity contribution in [1.82, 2.24) is 9.69 Å². The first-order chi connectivity index (χ1) is 6.27. The van der Waals surface area contributed by atoms with E-state index in [1.54, 1.807) is 11.5 Å². The molecule has 1 aromatic rings. The molecule has 13 heavy (non-hydrogen) atoms. The van der Waals surface area contributed by atoms with Gasteiger partial charge in [-0.3, -0.25) is 0 Å². The van der Waals surface area contributed by atoms with Gasteiger partial charge in [0.25, 0.3) is 0 Å². The summed E-state index contributed by atoms with van der Waals surface area (Å²) in [6.45, 7) is 4.05. The lowest BCUT2D eigenvalue weighted by atomic mass is 9.92. The number of nitrogens with two attached hydrogens (primary N) is 1. The third kappa shape index (κ3) is 1.90. The summed E-state index contributed by atoms with van der Waals surface area (Å²) >= 11 is 1.60. The lowest BCUT2D eigenvalue weighted by molar-refractivity contribution is 0.407. The van der Waals surface area contributed by atoms with E-state index in [0.29, 0.717) is 5.92 Å². The molecule has 2 atom stereocenters. The van der Waals surface area contributed by atoms with Crippen LogP contribution in [0.4, 0.5) is 0 Å². The van der Waals surface area contributed by atoms with E-state index >= 15 is 0 Å². The topological polar surface area (TPSA) is 50.9 Å². The summed E-state index contributed by atoms with van der Waals surface area (Å²) in [4.78, 5) is 1.35. The van der Waals surface area contributed by atoms with Crippen molar-refractivity contribution in [2.45, 2.75) is 25.3 Å². The molecule has 72 valence electrons. The molecule has 0 radical (unpaired) electrons. The highest BCUT2D eigenvalue weighted by Gasteiger charge is 2.24. The predicted octanol–water partition coefficient (Wildman–Crippen LogP) is 0.856. The first kappa shape index (κ1) is 9.12. The maximum atomic E-state index is 6.04. The Balaban J connectivity index is 2.14. The number of nitrogens with one attached hydrogen (secondary N) is 1. The molecule has 0 aliphatic carbocycles. The summed E-state index contributed by atoms with van der Waals surface area (Å²) < 4.78 is 4.29. The predicted molar refractivity (Wildman–Crippen MR) is 55.1 cm³/mol. The van der Waals surface area contributed by atoms with Crippen LogP contribution < -0.4 is 11.1 Å². The molecule has 0 bridgehead atoms. The Morgan fingerprint density at radius 2 is 2.54 bits per heavy atom. The number of hydrogen-bond acceptors (Lipinski definition) is 4. The molecule has 3 nitrogen and oxygen atoms in total.